The summed E-state index contributed by atoms with van der Waals surface area (Å²) in [6, 6.07) is 3.17. The van der Waals surface area contributed by atoms with E-state index in [9.17, 15) is 4.79 Å². The van der Waals surface area contributed by atoms with Crippen LogP contribution in [0.1, 0.15) is 10.5 Å². The molecule has 0 spiro atoms. The Morgan fingerprint density at radius 2 is 2.21 bits per heavy atom. The minimum atomic E-state index is -1.02. The summed E-state index contributed by atoms with van der Waals surface area (Å²) in [7, 11) is 0. The van der Waals surface area contributed by atoms with Crippen molar-refractivity contribution in [1.82, 2.24) is 9.97 Å². The smallest absolute Gasteiger partial charge is 0.354 e. The summed E-state index contributed by atoms with van der Waals surface area (Å²) in [5, 5.41) is 10.5. The number of carboxylic acid groups (broad SMARTS) is 1. The van der Waals surface area contributed by atoms with Gasteiger partial charge in [0.15, 0.2) is 0 Å². The fourth-order valence-corrected chi connectivity index (χ4v) is 1.59. The first-order valence-electron chi connectivity index (χ1n) is 3.85. The highest BCUT2D eigenvalue weighted by molar-refractivity contribution is 7.07. The maximum absolute atomic E-state index is 10.5. The second-order valence-corrected chi connectivity index (χ2v) is 3.33. The standard InChI is InChI=1S/C9H6N2O2S/c12-9(13)7-2-1-6(3-10-7)8-4-14-5-11-8/h1-5H,(H,12,13). The zero-order valence-corrected chi connectivity index (χ0v) is 7.86. The van der Waals surface area contributed by atoms with Crippen molar-refractivity contribution in [2.45, 2.75) is 0 Å². The van der Waals surface area contributed by atoms with E-state index in [1.54, 1.807) is 11.6 Å². The minimum Gasteiger partial charge on any atom is -0.477 e. The Morgan fingerprint density at radius 1 is 1.36 bits per heavy atom. The van der Waals surface area contributed by atoms with Gasteiger partial charge in [0.2, 0.25) is 0 Å². The van der Waals surface area contributed by atoms with Crippen molar-refractivity contribution < 1.29 is 9.90 Å². The first kappa shape index (κ1) is 8.83. The van der Waals surface area contributed by atoms with E-state index >= 15 is 0 Å². The Hall–Kier alpha value is -1.75. The maximum atomic E-state index is 10.5. The van der Waals surface area contributed by atoms with Crippen molar-refractivity contribution in [2.24, 2.45) is 0 Å². The van der Waals surface area contributed by atoms with Gasteiger partial charge in [0, 0.05) is 17.1 Å². The van der Waals surface area contributed by atoms with E-state index in [-0.39, 0.29) is 5.69 Å². The predicted molar refractivity (Wildman–Crippen MR) is 52.3 cm³/mol. The molecule has 2 aromatic rings. The van der Waals surface area contributed by atoms with Gasteiger partial charge in [-0.1, -0.05) is 0 Å². The van der Waals surface area contributed by atoms with Crippen LogP contribution in [-0.4, -0.2) is 21.0 Å². The third kappa shape index (κ3) is 1.62. The third-order valence-corrected chi connectivity index (χ3v) is 2.30. The molecule has 0 aromatic carbocycles. The molecule has 2 aromatic heterocycles. The van der Waals surface area contributed by atoms with Crippen LogP contribution in [0.3, 0.4) is 0 Å². The molecule has 1 N–H and O–H groups in total. The number of pyridine rings is 1. The number of nitrogens with zero attached hydrogens (tertiary/aromatic N) is 2. The summed E-state index contributed by atoms with van der Waals surface area (Å²) in [5.74, 6) is -1.02. The van der Waals surface area contributed by atoms with E-state index in [0.717, 1.165) is 11.3 Å². The highest BCUT2D eigenvalue weighted by Crippen LogP contribution is 2.17. The number of carboxylic acids is 1. The normalized spacial score (nSPS) is 10.0. The number of aromatic carboxylic acids is 1. The molecule has 4 nitrogen and oxygen atoms in total. The third-order valence-electron chi connectivity index (χ3n) is 1.71. The lowest BCUT2D eigenvalue weighted by atomic mass is 10.2. The summed E-state index contributed by atoms with van der Waals surface area (Å²) in [4.78, 5) is 18.4. The van der Waals surface area contributed by atoms with E-state index in [1.807, 2.05) is 5.38 Å². The van der Waals surface area contributed by atoms with Crippen LogP contribution in [0.5, 0.6) is 0 Å². The summed E-state index contributed by atoms with van der Waals surface area (Å²) < 4.78 is 0. The van der Waals surface area contributed by atoms with Gasteiger partial charge in [-0.25, -0.2) is 14.8 Å². The van der Waals surface area contributed by atoms with Crippen LogP contribution < -0.4 is 0 Å². The average Bonchev–Trinajstić information content (AvgIpc) is 2.71. The highest BCUT2D eigenvalue weighted by Gasteiger charge is 2.05. The molecule has 0 saturated carbocycles. The van der Waals surface area contributed by atoms with Gasteiger partial charge in [-0.05, 0) is 12.1 Å². The number of hydrogen-bond donors (Lipinski definition) is 1. The van der Waals surface area contributed by atoms with Crippen molar-refractivity contribution >= 4 is 17.3 Å². The highest BCUT2D eigenvalue weighted by atomic mass is 32.1. The molecule has 0 bridgehead atoms. The molecule has 0 aliphatic heterocycles. The lowest BCUT2D eigenvalue weighted by Crippen LogP contribution is -1.99. The molecule has 2 heterocycles. The molecule has 14 heavy (non-hydrogen) atoms. The Labute approximate surface area is 83.9 Å². The molecule has 0 fully saturated rings. The van der Waals surface area contributed by atoms with Gasteiger partial charge < -0.3 is 5.11 Å². The molecule has 5 heteroatoms. The fourth-order valence-electron chi connectivity index (χ4n) is 1.03. The number of carbonyl (C=O) groups is 1. The minimum absolute atomic E-state index is 0.0454. The van der Waals surface area contributed by atoms with Crippen molar-refractivity contribution in [1.29, 1.82) is 0 Å². The molecule has 0 amide bonds. The molecule has 0 aliphatic carbocycles. The summed E-state index contributed by atoms with van der Waals surface area (Å²) in [6.07, 6.45) is 1.51. The molecule has 0 unspecified atom stereocenters. The number of hydrogen-bond acceptors (Lipinski definition) is 4. The average molecular weight is 206 g/mol. The Bertz CT molecular complexity index is 436. The summed E-state index contributed by atoms with van der Waals surface area (Å²) in [5.41, 5.74) is 3.42. The summed E-state index contributed by atoms with van der Waals surface area (Å²) >= 11 is 1.49. The first-order valence-corrected chi connectivity index (χ1v) is 4.79. The number of rotatable bonds is 2. The van der Waals surface area contributed by atoms with Gasteiger partial charge in [0.1, 0.15) is 5.69 Å². The fraction of sp³-hybridized carbons (Fsp3) is 0. The number of aromatic nitrogens is 2. The number of thiazole rings is 1. The second-order valence-electron chi connectivity index (χ2n) is 2.61. The van der Waals surface area contributed by atoms with Gasteiger partial charge in [0.25, 0.3) is 0 Å². The van der Waals surface area contributed by atoms with Gasteiger partial charge in [-0.2, -0.15) is 0 Å². The van der Waals surface area contributed by atoms with Gasteiger partial charge in [0.05, 0.1) is 11.2 Å². The van der Waals surface area contributed by atoms with Crippen LogP contribution in [0.4, 0.5) is 0 Å². The van der Waals surface area contributed by atoms with E-state index < -0.39 is 5.97 Å². The van der Waals surface area contributed by atoms with Gasteiger partial charge in [-0.15, -0.1) is 11.3 Å². The zero-order valence-electron chi connectivity index (χ0n) is 7.04. The van der Waals surface area contributed by atoms with Gasteiger partial charge in [-0.3, -0.25) is 0 Å². The SMILES string of the molecule is O=C(O)c1ccc(-c2cscn2)cn1. The Balaban J connectivity index is 2.36. The van der Waals surface area contributed by atoms with Crippen LogP contribution >= 0.6 is 11.3 Å². The van der Waals surface area contributed by atoms with Crippen LogP contribution in [0.2, 0.25) is 0 Å². The van der Waals surface area contributed by atoms with Crippen molar-refractivity contribution in [3.05, 3.63) is 34.9 Å². The molecular formula is C9H6N2O2S. The topological polar surface area (TPSA) is 63.1 Å². The van der Waals surface area contributed by atoms with Crippen molar-refractivity contribution in [2.75, 3.05) is 0 Å². The maximum Gasteiger partial charge on any atom is 0.354 e. The molecule has 0 radical (unpaired) electrons. The van der Waals surface area contributed by atoms with Crippen LogP contribution in [0.15, 0.2) is 29.2 Å². The van der Waals surface area contributed by atoms with E-state index in [2.05, 4.69) is 9.97 Å². The van der Waals surface area contributed by atoms with E-state index in [1.165, 1.54) is 23.6 Å². The Kier molecular flexibility index (Phi) is 2.24. The molecule has 0 aliphatic rings. The Morgan fingerprint density at radius 3 is 2.71 bits per heavy atom. The first-order chi connectivity index (χ1) is 6.77. The molecule has 0 atom stereocenters. The predicted octanol–water partition coefficient (Wildman–Crippen LogP) is 1.90. The molecule has 2 rings (SSSR count). The second kappa shape index (κ2) is 3.55. The van der Waals surface area contributed by atoms with E-state index in [4.69, 9.17) is 5.11 Å². The molecule has 70 valence electrons. The van der Waals surface area contributed by atoms with E-state index in [0.29, 0.717) is 0 Å². The zero-order chi connectivity index (χ0) is 9.97. The lowest BCUT2D eigenvalue weighted by Gasteiger charge is -1.96. The van der Waals surface area contributed by atoms with Crippen LogP contribution in [0, 0.1) is 0 Å². The lowest BCUT2D eigenvalue weighted by molar-refractivity contribution is 0.0690. The molecule has 0 saturated heterocycles. The molecular weight excluding hydrogens is 200 g/mol. The van der Waals surface area contributed by atoms with Crippen LogP contribution in [0.25, 0.3) is 11.3 Å². The van der Waals surface area contributed by atoms with Gasteiger partial charge >= 0.3 is 5.97 Å². The van der Waals surface area contributed by atoms with Crippen molar-refractivity contribution in [3.8, 4) is 11.3 Å². The summed E-state index contributed by atoms with van der Waals surface area (Å²) in [6.45, 7) is 0. The monoisotopic (exact) mass is 206 g/mol. The van der Waals surface area contributed by atoms with Crippen molar-refractivity contribution in [3.63, 3.8) is 0 Å². The largest absolute Gasteiger partial charge is 0.477 e. The van der Waals surface area contributed by atoms with Crippen LogP contribution in [-0.2, 0) is 0 Å². The quantitative estimate of drug-likeness (QED) is 0.815.